The molecule has 3 rings (SSSR count). The Bertz CT molecular complexity index is 699. The number of amides is 1. The van der Waals surface area contributed by atoms with Crippen LogP contribution in [0.1, 0.15) is 16.2 Å². The maximum absolute atomic E-state index is 11.8. The molecule has 3 aromatic heterocycles. The van der Waals surface area contributed by atoms with E-state index in [1.165, 1.54) is 0 Å². The van der Waals surface area contributed by atoms with Crippen LogP contribution in [0.3, 0.4) is 0 Å². The van der Waals surface area contributed by atoms with Crippen LogP contribution in [0, 0.1) is 6.92 Å². The molecule has 6 nitrogen and oxygen atoms in total. The molecular weight excluding hydrogens is 264 g/mol. The molecule has 0 aliphatic heterocycles. The third-order valence-electron chi connectivity index (χ3n) is 2.51. The third kappa shape index (κ3) is 2.41. The van der Waals surface area contributed by atoms with Crippen LogP contribution in [0.25, 0.3) is 11.3 Å². The van der Waals surface area contributed by atoms with Crippen molar-refractivity contribution in [3.05, 3.63) is 40.4 Å². The van der Waals surface area contributed by atoms with Crippen molar-refractivity contribution in [1.82, 2.24) is 15.4 Å². The first-order valence-electron chi connectivity index (χ1n) is 5.55. The molecule has 3 heterocycles. The minimum Gasteiger partial charge on any atom is -0.361 e. The van der Waals surface area contributed by atoms with Crippen LogP contribution in [0.15, 0.2) is 33.5 Å². The zero-order chi connectivity index (χ0) is 13.2. The standard InChI is InChI=1S/C12H10N4O2S/c1-7-4-10(16-18-7)12(17)13-11-5-9(14-15-11)8-2-3-19-6-8/h2-6H,1H3,(H2,13,14,15,17). The number of rotatable bonds is 3. The first-order chi connectivity index (χ1) is 9.22. The zero-order valence-electron chi connectivity index (χ0n) is 10.0. The van der Waals surface area contributed by atoms with Gasteiger partial charge in [-0.3, -0.25) is 9.89 Å². The van der Waals surface area contributed by atoms with Gasteiger partial charge in [0.15, 0.2) is 11.5 Å². The van der Waals surface area contributed by atoms with Gasteiger partial charge in [-0.2, -0.15) is 16.4 Å². The second-order valence-corrected chi connectivity index (χ2v) is 4.74. The number of hydrogen-bond acceptors (Lipinski definition) is 5. The number of aryl methyl sites for hydroxylation is 1. The smallest absolute Gasteiger partial charge is 0.279 e. The van der Waals surface area contributed by atoms with Crippen LogP contribution in [0.4, 0.5) is 5.82 Å². The van der Waals surface area contributed by atoms with Gasteiger partial charge in [-0.1, -0.05) is 5.16 Å². The minimum atomic E-state index is -0.347. The van der Waals surface area contributed by atoms with E-state index in [9.17, 15) is 4.79 Å². The number of nitrogens with one attached hydrogen (secondary N) is 2. The van der Waals surface area contributed by atoms with E-state index in [0.29, 0.717) is 11.6 Å². The Kier molecular flexibility index (Phi) is 2.88. The maximum atomic E-state index is 11.8. The molecule has 0 bridgehead atoms. The van der Waals surface area contributed by atoms with Crippen molar-refractivity contribution in [1.29, 1.82) is 0 Å². The SMILES string of the molecule is Cc1cc(C(=O)Nc2cc(-c3ccsc3)[nH]n2)no1. The molecule has 0 atom stereocenters. The first kappa shape index (κ1) is 11.7. The summed E-state index contributed by atoms with van der Waals surface area (Å²) in [7, 11) is 0. The van der Waals surface area contributed by atoms with Crippen LogP contribution >= 0.6 is 11.3 Å². The highest BCUT2D eigenvalue weighted by Gasteiger charge is 2.13. The van der Waals surface area contributed by atoms with Crippen LogP contribution in [-0.4, -0.2) is 21.3 Å². The lowest BCUT2D eigenvalue weighted by Crippen LogP contribution is -2.12. The van der Waals surface area contributed by atoms with Crippen molar-refractivity contribution in [2.45, 2.75) is 6.92 Å². The van der Waals surface area contributed by atoms with Crippen molar-refractivity contribution in [2.24, 2.45) is 0 Å². The molecule has 0 unspecified atom stereocenters. The average molecular weight is 274 g/mol. The van der Waals surface area contributed by atoms with Crippen LogP contribution in [-0.2, 0) is 0 Å². The van der Waals surface area contributed by atoms with Crippen LogP contribution in [0.2, 0.25) is 0 Å². The summed E-state index contributed by atoms with van der Waals surface area (Å²) >= 11 is 1.60. The van der Waals surface area contributed by atoms with E-state index < -0.39 is 0 Å². The molecule has 0 spiro atoms. The Morgan fingerprint density at radius 2 is 2.37 bits per heavy atom. The summed E-state index contributed by atoms with van der Waals surface area (Å²) in [4.78, 5) is 11.8. The largest absolute Gasteiger partial charge is 0.361 e. The van der Waals surface area contributed by atoms with E-state index in [2.05, 4.69) is 20.7 Å². The van der Waals surface area contributed by atoms with Gasteiger partial charge in [0.2, 0.25) is 0 Å². The van der Waals surface area contributed by atoms with Crippen LogP contribution < -0.4 is 5.32 Å². The van der Waals surface area contributed by atoms with Gasteiger partial charge >= 0.3 is 0 Å². The maximum Gasteiger partial charge on any atom is 0.279 e. The second-order valence-electron chi connectivity index (χ2n) is 3.96. The lowest BCUT2D eigenvalue weighted by molar-refractivity contribution is 0.101. The average Bonchev–Trinajstić information content (AvgIpc) is 3.07. The van der Waals surface area contributed by atoms with Crippen molar-refractivity contribution in [3.8, 4) is 11.3 Å². The van der Waals surface area contributed by atoms with E-state index in [0.717, 1.165) is 11.3 Å². The normalized spacial score (nSPS) is 10.6. The van der Waals surface area contributed by atoms with Gasteiger partial charge in [0.05, 0.1) is 5.69 Å². The van der Waals surface area contributed by atoms with Gasteiger partial charge in [0, 0.05) is 23.1 Å². The van der Waals surface area contributed by atoms with E-state index in [1.807, 2.05) is 16.8 Å². The molecule has 19 heavy (non-hydrogen) atoms. The summed E-state index contributed by atoms with van der Waals surface area (Å²) in [5.41, 5.74) is 2.13. The Morgan fingerprint density at radius 1 is 1.47 bits per heavy atom. The van der Waals surface area contributed by atoms with Crippen molar-refractivity contribution in [2.75, 3.05) is 5.32 Å². The van der Waals surface area contributed by atoms with Gasteiger partial charge in [0.1, 0.15) is 5.76 Å². The fourth-order valence-corrected chi connectivity index (χ4v) is 2.26. The van der Waals surface area contributed by atoms with Gasteiger partial charge in [-0.05, 0) is 18.4 Å². The second kappa shape index (κ2) is 4.69. The molecule has 2 N–H and O–H groups in total. The lowest BCUT2D eigenvalue weighted by atomic mass is 10.2. The molecule has 0 aliphatic rings. The number of aromatic nitrogens is 3. The molecule has 0 fully saturated rings. The summed E-state index contributed by atoms with van der Waals surface area (Å²) in [6.07, 6.45) is 0. The zero-order valence-corrected chi connectivity index (χ0v) is 10.8. The number of thiophene rings is 1. The Morgan fingerprint density at radius 3 is 3.05 bits per heavy atom. The molecule has 1 amide bonds. The Labute approximate surface area is 112 Å². The van der Waals surface area contributed by atoms with Gasteiger partial charge in [0.25, 0.3) is 5.91 Å². The van der Waals surface area contributed by atoms with Gasteiger partial charge in [-0.15, -0.1) is 0 Å². The number of carbonyl (C=O) groups excluding carboxylic acids is 1. The number of carbonyl (C=O) groups is 1. The summed E-state index contributed by atoms with van der Waals surface area (Å²) in [6.45, 7) is 1.73. The molecule has 0 radical (unpaired) electrons. The fourth-order valence-electron chi connectivity index (χ4n) is 1.61. The highest BCUT2D eigenvalue weighted by atomic mass is 32.1. The van der Waals surface area contributed by atoms with Gasteiger partial charge in [-0.25, -0.2) is 0 Å². The van der Waals surface area contributed by atoms with E-state index in [-0.39, 0.29) is 11.6 Å². The van der Waals surface area contributed by atoms with Crippen LogP contribution in [0.5, 0.6) is 0 Å². The first-order valence-corrected chi connectivity index (χ1v) is 6.49. The minimum absolute atomic E-state index is 0.234. The summed E-state index contributed by atoms with van der Waals surface area (Å²) in [6, 6.07) is 5.32. The van der Waals surface area contributed by atoms with Crippen molar-refractivity contribution < 1.29 is 9.32 Å². The molecule has 96 valence electrons. The number of hydrogen-bond donors (Lipinski definition) is 2. The van der Waals surface area contributed by atoms with E-state index >= 15 is 0 Å². The molecule has 3 aromatic rings. The number of aromatic amines is 1. The molecule has 7 heteroatoms. The quantitative estimate of drug-likeness (QED) is 0.769. The molecule has 0 aromatic carbocycles. The molecule has 0 saturated heterocycles. The third-order valence-corrected chi connectivity index (χ3v) is 3.20. The molecule has 0 aliphatic carbocycles. The van der Waals surface area contributed by atoms with Gasteiger partial charge < -0.3 is 9.84 Å². The predicted octanol–water partition coefficient (Wildman–Crippen LogP) is 2.69. The number of nitrogens with zero attached hydrogens (tertiary/aromatic N) is 2. The molecular formula is C12H10N4O2S. The van der Waals surface area contributed by atoms with E-state index in [1.54, 1.807) is 30.4 Å². The highest BCUT2D eigenvalue weighted by Crippen LogP contribution is 2.22. The highest BCUT2D eigenvalue weighted by molar-refractivity contribution is 7.08. The topological polar surface area (TPSA) is 83.8 Å². The van der Waals surface area contributed by atoms with E-state index in [4.69, 9.17) is 4.52 Å². The summed E-state index contributed by atoms with van der Waals surface area (Å²) < 4.78 is 4.85. The lowest BCUT2D eigenvalue weighted by Gasteiger charge is -1.95. The molecule has 0 saturated carbocycles. The number of H-pyrrole nitrogens is 1. The monoisotopic (exact) mass is 274 g/mol. The van der Waals surface area contributed by atoms with Crippen molar-refractivity contribution >= 4 is 23.1 Å². The Hall–Kier alpha value is -2.41. The van der Waals surface area contributed by atoms with Crippen molar-refractivity contribution in [3.63, 3.8) is 0 Å². The summed E-state index contributed by atoms with van der Waals surface area (Å²) in [5, 5.41) is 17.2. The summed E-state index contributed by atoms with van der Waals surface area (Å²) in [5.74, 6) is 0.693. The Balaban J connectivity index is 1.76. The predicted molar refractivity (Wildman–Crippen MR) is 71.1 cm³/mol. The number of anilines is 1. The fraction of sp³-hybridized carbons (Fsp3) is 0.0833.